The first-order chi connectivity index (χ1) is 10.2. The zero-order valence-electron chi connectivity index (χ0n) is 11.4. The lowest BCUT2D eigenvalue weighted by atomic mass is 9.99. The third kappa shape index (κ3) is 1.53. The van der Waals surface area contributed by atoms with Gasteiger partial charge in [0.05, 0.1) is 5.57 Å². The van der Waals surface area contributed by atoms with Gasteiger partial charge in [-0.2, -0.15) is 0 Å². The number of ether oxygens (including phenoxy) is 2. The Balaban J connectivity index is 1.93. The molecule has 0 spiro atoms. The first-order valence-electron chi connectivity index (χ1n) is 6.75. The summed E-state index contributed by atoms with van der Waals surface area (Å²) < 4.78 is 11.7. The molecule has 0 radical (unpaired) electrons. The third-order valence-corrected chi connectivity index (χ3v) is 3.84. The maximum Gasteiger partial charge on any atom is 0.410 e. The second-order valence-electron chi connectivity index (χ2n) is 5.00. The van der Waals surface area contributed by atoms with Crippen LogP contribution in [0.1, 0.15) is 16.7 Å². The van der Waals surface area contributed by atoms with Crippen molar-refractivity contribution >= 4 is 17.7 Å². The van der Waals surface area contributed by atoms with Crippen LogP contribution in [0.25, 0.3) is 11.6 Å². The summed E-state index contributed by atoms with van der Waals surface area (Å²) in [5.41, 5.74) is 3.67. The number of hydrogen-bond donors (Lipinski definition) is 1. The van der Waals surface area contributed by atoms with Crippen LogP contribution in [0.15, 0.2) is 48.5 Å². The highest BCUT2D eigenvalue weighted by atomic mass is 16.7. The Bertz CT molecular complexity index is 781. The molecule has 21 heavy (non-hydrogen) atoms. The van der Waals surface area contributed by atoms with Crippen LogP contribution >= 0.6 is 0 Å². The monoisotopic (exact) mass is 279 g/mol. The minimum atomic E-state index is -1.18. The summed E-state index contributed by atoms with van der Waals surface area (Å²) in [6, 6.07) is 15.5. The standard InChI is InChI=1S/C17H13NO3/c1-18-16(19)21-17-13-8-4-2-6-11(13)10-14(17)12-7-3-5-9-15(12)20-17/h2-10H,1H3,(H,18,19). The SMILES string of the molecule is CNC(=O)OC12Oc3ccccc3C1=Cc1ccccc12. The van der Waals surface area contributed by atoms with Crippen molar-refractivity contribution in [1.29, 1.82) is 0 Å². The number of benzene rings is 2. The van der Waals surface area contributed by atoms with Crippen LogP contribution in [-0.4, -0.2) is 13.1 Å². The lowest BCUT2D eigenvalue weighted by Gasteiger charge is -2.27. The fourth-order valence-corrected chi connectivity index (χ4v) is 2.93. The molecule has 1 aliphatic carbocycles. The number of carbonyl (C=O) groups is 1. The maximum absolute atomic E-state index is 11.8. The van der Waals surface area contributed by atoms with Crippen LogP contribution < -0.4 is 10.1 Å². The molecule has 2 aromatic carbocycles. The highest BCUT2D eigenvalue weighted by Gasteiger charge is 2.53. The Kier molecular flexibility index (Phi) is 2.36. The van der Waals surface area contributed by atoms with Gasteiger partial charge in [0, 0.05) is 18.2 Å². The number of fused-ring (bicyclic) bond motifs is 5. The van der Waals surface area contributed by atoms with E-state index in [9.17, 15) is 4.79 Å². The van der Waals surface area contributed by atoms with E-state index in [1.165, 1.54) is 7.05 Å². The number of para-hydroxylation sites is 1. The normalized spacial score (nSPS) is 20.7. The summed E-state index contributed by atoms with van der Waals surface area (Å²) in [6.45, 7) is 0. The lowest BCUT2D eigenvalue weighted by Crippen LogP contribution is -2.38. The van der Waals surface area contributed by atoms with Crippen molar-refractivity contribution in [3.8, 4) is 5.75 Å². The predicted molar refractivity (Wildman–Crippen MR) is 78.6 cm³/mol. The van der Waals surface area contributed by atoms with Crippen LogP contribution in [0.5, 0.6) is 5.75 Å². The van der Waals surface area contributed by atoms with Crippen molar-refractivity contribution in [3.63, 3.8) is 0 Å². The van der Waals surface area contributed by atoms with Crippen molar-refractivity contribution in [1.82, 2.24) is 5.32 Å². The number of amides is 1. The number of hydrogen-bond acceptors (Lipinski definition) is 3. The molecule has 4 rings (SSSR count). The van der Waals surface area contributed by atoms with Gasteiger partial charge in [0.25, 0.3) is 0 Å². The van der Waals surface area contributed by atoms with Gasteiger partial charge in [0.15, 0.2) is 0 Å². The second kappa shape index (κ2) is 4.12. The van der Waals surface area contributed by atoms with E-state index in [1.807, 2.05) is 54.6 Å². The molecule has 4 nitrogen and oxygen atoms in total. The maximum atomic E-state index is 11.8. The van der Waals surface area contributed by atoms with Crippen molar-refractivity contribution in [2.24, 2.45) is 0 Å². The summed E-state index contributed by atoms with van der Waals surface area (Å²) in [5, 5.41) is 2.49. The van der Waals surface area contributed by atoms with E-state index in [-0.39, 0.29) is 0 Å². The molecule has 0 fully saturated rings. The molecule has 1 amide bonds. The van der Waals surface area contributed by atoms with E-state index in [2.05, 4.69) is 5.32 Å². The van der Waals surface area contributed by atoms with E-state index in [4.69, 9.17) is 9.47 Å². The van der Waals surface area contributed by atoms with Gasteiger partial charge >= 0.3 is 11.9 Å². The summed E-state index contributed by atoms with van der Waals surface area (Å²) in [5.74, 6) is -0.456. The number of alkyl carbamates (subject to hydrolysis) is 1. The lowest BCUT2D eigenvalue weighted by molar-refractivity contribution is -0.0868. The second-order valence-corrected chi connectivity index (χ2v) is 5.00. The molecular formula is C17H13NO3. The largest absolute Gasteiger partial charge is 0.443 e. The molecule has 1 unspecified atom stereocenters. The molecule has 2 aromatic rings. The molecule has 1 aliphatic heterocycles. The van der Waals surface area contributed by atoms with Gasteiger partial charge < -0.3 is 14.8 Å². The van der Waals surface area contributed by atoms with Crippen LogP contribution in [0, 0.1) is 0 Å². The van der Waals surface area contributed by atoms with Gasteiger partial charge in [0.2, 0.25) is 0 Å². The Morgan fingerprint density at radius 3 is 2.76 bits per heavy atom. The molecule has 104 valence electrons. The summed E-state index contributed by atoms with van der Waals surface area (Å²) in [7, 11) is 1.53. The van der Waals surface area contributed by atoms with Gasteiger partial charge in [-0.1, -0.05) is 42.5 Å². The fourth-order valence-electron chi connectivity index (χ4n) is 2.93. The first kappa shape index (κ1) is 12.0. The van der Waals surface area contributed by atoms with Gasteiger partial charge in [-0.15, -0.1) is 0 Å². The molecule has 1 atom stereocenters. The van der Waals surface area contributed by atoms with E-state index in [0.29, 0.717) is 0 Å². The average Bonchev–Trinajstić information content (AvgIpc) is 2.98. The topological polar surface area (TPSA) is 47.6 Å². The number of nitrogens with one attached hydrogen (secondary N) is 1. The molecular weight excluding hydrogens is 266 g/mol. The predicted octanol–water partition coefficient (Wildman–Crippen LogP) is 3.14. The first-order valence-corrected chi connectivity index (χ1v) is 6.75. The van der Waals surface area contributed by atoms with Crippen molar-refractivity contribution in [3.05, 3.63) is 65.2 Å². The smallest absolute Gasteiger partial charge is 0.410 e. The van der Waals surface area contributed by atoms with E-state index in [0.717, 1.165) is 28.0 Å². The zero-order valence-corrected chi connectivity index (χ0v) is 11.4. The highest BCUT2D eigenvalue weighted by Crippen LogP contribution is 2.55. The molecule has 0 bridgehead atoms. The van der Waals surface area contributed by atoms with Gasteiger partial charge in [0.1, 0.15) is 5.75 Å². The quantitative estimate of drug-likeness (QED) is 0.872. The number of carbonyl (C=O) groups excluding carboxylic acids is 1. The van der Waals surface area contributed by atoms with Crippen LogP contribution in [0.2, 0.25) is 0 Å². The number of rotatable bonds is 1. The third-order valence-electron chi connectivity index (χ3n) is 3.84. The van der Waals surface area contributed by atoms with Crippen LogP contribution in [0.4, 0.5) is 4.79 Å². The van der Waals surface area contributed by atoms with Crippen LogP contribution in [-0.2, 0) is 10.5 Å². The molecule has 2 aliphatic rings. The summed E-state index contributed by atoms with van der Waals surface area (Å²) >= 11 is 0. The van der Waals surface area contributed by atoms with E-state index >= 15 is 0 Å². The molecule has 0 aromatic heterocycles. The molecule has 1 heterocycles. The molecule has 0 saturated heterocycles. The Morgan fingerprint density at radius 1 is 1.14 bits per heavy atom. The zero-order chi connectivity index (χ0) is 14.4. The van der Waals surface area contributed by atoms with Crippen molar-refractivity contribution < 1.29 is 14.3 Å². The Labute approximate surface area is 122 Å². The van der Waals surface area contributed by atoms with Gasteiger partial charge in [-0.05, 0) is 17.7 Å². The van der Waals surface area contributed by atoms with Crippen LogP contribution in [0.3, 0.4) is 0 Å². The van der Waals surface area contributed by atoms with E-state index in [1.54, 1.807) is 0 Å². The Morgan fingerprint density at radius 2 is 1.90 bits per heavy atom. The minimum Gasteiger partial charge on any atom is -0.443 e. The van der Waals surface area contributed by atoms with Crippen molar-refractivity contribution in [2.75, 3.05) is 7.05 Å². The molecule has 0 saturated carbocycles. The Hall–Kier alpha value is -2.75. The summed E-state index contributed by atoms with van der Waals surface area (Å²) in [4.78, 5) is 11.8. The fraction of sp³-hybridized carbons (Fsp3) is 0.118. The molecule has 4 heteroatoms. The van der Waals surface area contributed by atoms with E-state index < -0.39 is 11.9 Å². The highest BCUT2D eigenvalue weighted by molar-refractivity contribution is 5.97. The summed E-state index contributed by atoms with van der Waals surface area (Å²) in [6.07, 6.45) is 1.50. The molecule has 1 N–H and O–H groups in total. The minimum absolute atomic E-state index is 0.523. The average molecular weight is 279 g/mol. The van der Waals surface area contributed by atoms with Gasteiger partial charge in [-0.25, -0.2) is 4.79 Å². The van der Waals surface area contributed by atoms with Gasteiger partial charge in [-0.3, -0.25) is 0 Å². The van der Waals surface area contributed by atoms with Crippen molar-refractivity contribution in [2.45, 2.75) is 5.79 Å².